The molecular formula is C22H20F6N4OS. The van der Waals surface area contributed by atoms with E-state index in [2.05, 4.69) is 19.6 Å². The molecule has 5 nitrogen and oxygen atoms in total. The second kappa shape index (κ2) is 10.2. The lowest BCUT2D eigenvalue weighted by Crippen LogP contribution is -2.21. The maximum absolute atomic E-state index is 14.0. The van der Waals surface area contributed by atoms with Gasteiger partial charge >= 0.3 is 6.18 Å². The summed E-state index contributed by atoms with van der Waals surface area (Å²) >= 11 is 0. The van der Waals surface area contributed by atoms with E-state index in [0.717, 1.165) is 48.9 Å². The Labute approximate surface area is 193 Å². The lowest BCUT2D eigenvalue weighted by Gasteiger charge is -2.18. The number of nitrogens with zero attached hydrogens (tertiary/aromatic N) is 3. The molecule has 0 radical (unpaired) electrons. The molecule has 2 heterocycles. The molecule has 0 atom stereocenters. The van der Waals surface area contributed by atoms with Gasteiger partial charge in [-0.3, -0.25) is 0 Å². The quantitative estimate of drug-likeness (QED) is 0.378. The second-order valence-corrected chi connectivity index (χ2v) is 9.51. The first-order chi connectivity index (χ1) is 16.3. The van der Waals surface area contributed by atoms with Crippen LogP contribution in [-0.4, -0.2) is 40.9 Å². The van der Waals surface area contributed by atoms with Crippen LogP contribution in [0.3, 0.4) is 0 Å². The molecule has 0 spiro atoms. The van der Waals surface area contributed by atoms with Gasteiger partial charge in [-0.1, -0.05) is 10.7 Å². The number of ether oxygens (including phenoxy) is 1. The summed E-state index contributed by atoms with van der Waals surface area (Å²) in [6, 6.07) is 5.53. The van der Waals surface area contributed by atoms with Crippen molar-refractivity contribution in [3.63, 3.8) is 0 Å². The summed E-state index contributed by atoms with van der Waals surface area (Å²) in [6.07, 6.45) is -3.15. The van der Waals surface area contributed by atoms with Gasteiger partial charge in [-0.2, -0.15) is 13.2 Å². The molecule has 0 aliphatic carbocycles. The molecule has 34 heavy (non-hydrogen) atoms. The van der Waals surface area contributed by atoms with Crippen LogP contribution in [0.5, 0.6) is 5.75 Å². The van der Waals surface area contributed by atoms with Crippen LogP contribution in [0.15, 0.2) is 41.0 Å². The zero-order valence-electron chi connectivity index (χ0n) is 17.7. The van der Waals surface area contributed by atoms with Crippen molar-refractivity contribution in [2.24, 2.45) is 4.36 Å². The number of hydrogen-bond donors (Lipinski definition) is 1. The number of hydrogen-bond acceptors (Lipinski definition) is 5. The third-order valence-corrected chi connectivity index (χ3v) is 7.10. The molecule has 1 N–H and O–H groups in total. The van der Waals surface area contributed by atoms with Crippen molar-refractivity contribution in [2.75, 3.05) is 30.2 Å². The highest BCUT2D eigenvalue weighted by Crippen LogP contribution is 2.41. The van der Waals surface area contributed by atoms with Crippen molar-refractivity contribution in [3.05, 3.63) is 48.0 Å². The molecule has 0 unspecified atom stereocenters. The highest BCUT2D eigenvalue weighted by Gasteiger charge is 2.35. The van der Waals surface area contributed by atoms with Gasteiger partial charge in [0.2, 0.25) is 0 Å². The molecule has 1 aromatic heterocycles. The maximum atomic E-state index is 14.0. The Hall–Kier alpha value is -2.89. The van der Waals surface area contributed by atoms with Crippen LogP contribution in [0, 0.1) is 5.82 Å². The van der Waals surface area contributed by atoms with Crippen LogP contribution >= 0.6 is 0 Å². The molecule has 12 heteroatoms. The van der Waals surface area contributed by atoms with Gasteiger partial charge in [0.05, 0.1) is 27.8 Å². The van der Waals surface area contributed by atoms with Crippen LogP contribution in [0.1, 0.15) is 18.4 Å². The molecule has 0 saturated carbocycles. The van der Waals surface area contributed by atoms with E-state index in [-0.39, 0.29) is 44.5 Å². The predicted molar refractivity (Wildman–Crippen MR) is 119 cm³/mol. The summed E-state index contributed by atoms with van der Waals surface area (Å²) in [5, 5.41) is 2.37. The maximum Gasteiger partial charge on any atom is 0.417 e. The van der Waals surface area contributed by atoms with Gasteiger partial charge in [-0.15, -0.1) is 0 Å². The number of anilines is 2. The topological polar surface area (TPSA) is 59.4 Å². The Morgan fingerprint density at radius 1 is 1.06 bits per heavy atom. The first kappa shape index (κ1) is 24.2. The molecular weight excluding hydrogens is 482 g/mol. The molecule has 0 amide bonds. The molecule has 1 fully saturated rings. The Bertz CT molecular complexity index is 1210. The summed E-state index contributed by atoms with van der Waals surface area (Å²) in [7, 11) is -0.321. The Kier molecular flexibility index (Phi) is 7.24. The summed E-state index contributed by atoms with van der Waals surface area (Å²) in [4.78, 5) is 7.95. The van der Waals surface area contributed by atoms with Gasteiger partial charge in [-0.05, 0) is 37.1 Å². The van der Waals surface area contributed by atoms with Crippen molar-refractivity contribution in [1.29, 1.82) is 0 Å². The minimum atomic E-state index is -4.74. The molecule has 1 aliphatic heterocycles. The lowest BCUT2D eigenvalue weighted by molar-refractivity contribution is -0.136. The van der Waals surface area contributed by atoms with Crippen LogP contribution in [0.2, 0.25) is 0 Å². The van der Waals surface area contributed by atoms with E-state index in [1.54, 1.807) is 0 Å². The van der Waals surface area contributed by atoms with Gasteiger partial charge in [0, 0.05) is 17.6 Å². The Morgan fingerprint density at radius 3 is 2.47 bits per heavy atom. The third-order valence-electron chi connectivity index (χ3n) is 5.11. The second-order valence-electron chi connectivity index (χ2n) is 7.59. The summed E-state index contributed by atoms with van der Waals surface area (Å²) in [5.41, 5.74) is -0.787. The van der Waals surface area contributed by atoms with Gasteiger partial charge in [-0.25, -0.2) is 27.5 Å². The molecule has 4 rings (SSSR count). The van der Waals surface area contributed by atoms with E-state index >= 15 is 0 Å². The molecule has 2 aromatic carbocycles. The normalized spacial score (nSPS) is 14.7. The van der Waals surface area contributed by atoms with Crippen molar-refractivity contribution < 1.29 is 31.1 Å². The van der Waals surface area contributed by atoms with E-state index in [4.69, 9.17) is 4.74 Å². The fourth-order valence-corrected chi connectivity index (χ4v) is 5.40. The molecule has 3 aromatic rings. The average Bonchev–Trinajstić information content (AvgIpc) is 3.31. The Balaban J connectivity index is 1.81. The summed E-state index contributed by atoms with van der Waals surface area (Å²) in [5.74, 6) is 0.458. The number of benzene rings is 2. The van der Waals surface area contributed by atoms with E-state index < -0.39 is 37.0 Å². The third kappa shape index (κ3) is 5.43. The van der Waals surface area contributed by atoms with Gasteiger partial charge < -0.3 is 10.1 Å². The lowest BCUT2D eigenvalue weighted by atomic mass is 10.1. The van der Waals surface area contributed by atoms with E-state index in [1.165, 1.54) is 12.1 Å². The minimum Gasteiger partial charge on any atom is -0.483 e. The molecule has 1 saturated heterocycles. The molecule has 1 aliphatic rings. The van der Waals surface area contributed by atoms with Gasteiger partial charge in [0.15, 0.2) is 6.10 Å². The zero-order chi connectivity index (χ0) is 24.3. The van der Waals surface area contributed by atoms with E-state index in [9.17, 15) is 26.3 Å². The zero-order valence-corrected chi connectivity index (χ0v) is 18.5. The fraction of sp³-hybridized carbons (Fsp3) is 0.364. The smallest absolute Gasteiger partial charge is 0.417 e. The monoisotopic (exact) mass is 502 g/mol. The van der Waals surface area contributed by atoms with Gasteiger partial charge in [0.1, 0.15) is 37.1 Å². The first-order valence-electron chi connectivity index (χ1n) is 10.4. The van der Waals surface area contributed by atoms with Crippen LogP contribution < -0.4 is 10.1 Å². The van der Waals surface area contributed by atoms with Crippen molar-refractivity contribution in [3.8, 4) is 5.75 Å². The first-order valence-corrected chi connectivity index (χ1v) is 11.9. The number of nitrogens with one attached hydrogen (secondary N) is 1. The number of halogens is 6. The fourth-order valence-electron chi connectivity index (χ4n) is 3.54. The van der Waals surface area contributed by atoms with Crippen LogP contribution in [-0.2, 0) is 16.9 Å². The van der Waals surface area contributed by atoms with Crippen molar-refractivity contribution >= 4 is 38.8 Å². The van der Waals surface area contributed by atoms with Crippen LogP contribution in [0.4, 0.5) is 43.5 Å². The molecule has 182 valence electrons. The van der Waals surface area contributed by atoms with E-state index in [1.807, 2.05) is 0 Å². The SMILES string of the molecule is FCC(CF)Oc1cc(F)ccc1Nc1ncnc2cc(N=S3CCCC3)cc(C(F)(F)F)c12. The largest absolute Gasteiger partial charge is 0.483 e. The summed E-state index contributed by atoms with van der Waals surface area (Å²) < 4.78 is 91.4. The van der Waals surface area contributed by atoms with Crippen LogP contribution in [0.25, 0.3) is 10.9 Å². The number of aromatic nitrogens is 2. The molecule has 0 bridgehead atoms. The highest BCUT2D eigenvalue weighted by atomic mass is 32.2. The average molecular weight is 502 g/mol. The minimum absolute atomic E-state index is 0.0115. The number of rotatable bonds is 7. The van der Waals surface area contributed by atoms with Crippen molar-refractivity contribution in [1.82, 2.24) is 9.97 Å². The standard InChI is InChI=1S/C22H20F6N4OS/c23-10-15(11-24)33-19-7-13(25)3-4-17(19)31-21-20-16(22(26,27)28)8-14(9-18(20)29-12-30-21)32-34-5-1-2-6-34/h3-4,7-9,12,15H,1-2,5-6,10-11H2,(H,29,30,31). The van der Waals surface area contributed by atoms with E-state index in [0.29, 0.717) is 0 Å². The number of alkyl halides is 5. The summed E-state index contributed by atoms with van der Waals surface area (Å²) in [6.45, 7) is -2.34. The van der Waals surface area contributed by atoms with Crippen molar-refractivity contribution in [2.45, 2.75) is 25.1 Å². The number of fused-ring (bicyclic) bond motifs is 1. The van der Waals surface area contributed by atoms with Gasteiger partial charge in [0.25, 0.3) is 0 Å². The predicted octanol–water partition coefficient (Wildman–Crippen LogP) is 6.44. The Morgan fingerprint density at radius 2 is 1.79 bits per heavy atom. The highest BCUT2D eigenvalue weighted by molar-refractivity contribution is 7.87.